The van der Waals surface area contributed by atoms with Crippen molar-refractivity contribution in [3.8, 4) is 5.75 Å². The molecule has 2 N–H and O–H groups in total. The Hall–Kier alpha value is -3.09. The third-order valence-electron chi connectivity index (χ3n) is 7.75. The second kappa shape index (κ2) is 8.85. The fourth-order valence-corrected chi connectivity index (χ4v) is 5.66. The molecule has 186 valence electrons. The Bertz CT molecular complexity index is 1190. The first-order valence-corrected chi connectivity index (χ1v) is 12.7. The average Bonchev–Trinajstić information content (AvgIpc) is 3.45. The Morgan fingerprint density at radius 2 is 2.03 bits per heavy atom. The summed E-state index contributed by atoms with van der Waals surface area (Å²) < 4.78 is 5.37. The number of carbonyl (C=O) groups is 3. The molecule has 0 radical (unpaired) electrons. The van der Waals surface area contributed by atoms with Gasteiger partial charge in [0.25, 0.3) is 5.91 Å². The van der Waals surface area contributed by atoms with E-state index in [-0.39, 0.29) is 23.0 Å². The number of hydrogen-bond acceptors (Lipinski definition) is 4. The second-order valence-corrected chi connectivity index (χ2v) is 11.2. The van der Waals surface area contributed by atoms with Gasteiger partial charge in [0.05, 0.1) is 12.8 Å². The molecule has 0 spiro atoms. The van der Waals surface area contributed by atoms with Crippen LogP contribution in [0, 0.1) is 18.3 Å². The van der Waals surface area contributed by atoms with Crippen LogP contribution in [-0.4, -0.2) is 42.3 Å². The molecule has 5 rings (SSSR count). The molecule has 3 aliphatic rings. The lowest BCUT2D eigenvalue weighted by atomic mass is 9.75. The van der Waals surface area contributed by atoms with Crippen LogP contribution in [0.5, 0.6) is 5.75 Å². The quantitative estimate of drug-likeness (QED) is 0.620. The fourth-order valence-electron chi connectivity index (χ4n) is 5.66. The van der Waals surface area contributed by atoms with E-state index in [0.29, 0.717) is 47.9 Å². The lowest BCUT2D eigenvalue weighted by Crippen LogP contribution is -2.48. The molecule has 1 atom stereocenters. The van der Waals surface area contributed by atoms with E-state index in [0.717, 1.165) is 36.2 Å². The number of methoxy groups -OCH3 is 1. The van der Waals surface area contributed by atoms with Gasteiger partial charge in [-0.1, -0.05) is 32.8 Å². The predicted molar refractivity (Wildman–Crippen MR) is 134 cm³/mol. The van der Waals surface area contributed by atoms with Crippen LogP contribution in [0.4, 0.5) is 5.69 Å². The Balaban J connectivity index is 1.39. The van der Waals surface area contributed by atoms with Crippen LogP contribution < -0.4 is 15.0 Å². The van der Waals surface area contributed by atoms with E-state index in [4.69, 9.17) is 4.74 Å². The van der Waals surface area contributed by atoms with E-state index >= 15 is 0 Å². The molecule has 1 aromatic heterocycles. The Kier molecular flexibility index (Phi) is 5.98. The van der Waals surface area contributed by atoms with E-state index in [1.165, 1.54) is 12.8 Å². The van der Waals surface area contributed by atoms with Crippen molar-refractivity contribution in [3.63, 3.8) is 0 Å². The maximum absolute atomic E-state index is 13.7. The lowest BCUT2D eigenvalue weighted by molar-refractivity contribution is -0.120. The van der Waals surface area contributed by atoms with Crippen molar-refractivity contribution >= 4 is 23.3 Å². The molecule has 2 aromatic rings. The zero-order valence-corrected chi connectivity index (χ0v) is 21.1. The summed E-state index contributed by atoms with van der Waals surface area (Å²) in [5, 5.41) is 3.03. The average molecular weight is 478 g/mol. The van der Waals surface area contributed by atoms with Crippen molar-refractivity contribution in [2.24, 2.45) is 11.3 Å². The molecular weight excluding hydrogens is 442 g/mol. The molecule has 0 saturated heterocycles. The van der Waals surface area contributed by atoms with Crippen LogP contribution in [0.3, 0.4) is 0 Å². The smallest absolute Gasteiger partial charge is 0.268 e. The number of carbonyl (C=O) groups excluding carboxylic acids is 3. The van der Waals surface area contributed by atoms with Gasteiger partial charge >= 0.3 is 0 Å². The minimum Gasteiger partial charge on any atom is -0.497 e. The predicted octanol–water partition coefficient (Wildman–Crippen LogP) is 4.36. The van der Waals surface area contributed by atoms with E-state index in [2.05, 4.69) is 24.1 Å². The summed E-state index contributed by atoms with van der Waals surface area (Å²) in [5.41, 5.74) is 4.39. The highest BCUT2D eigenvalue weighted by Crippen LogP contribution is 2.38. The van der Waals surface area contributed by atoms with Crippen molar-refractivity contribution in [3.05, 3.63) is 46.3 Å². The van der Waals surface area contributed by atoms with Crippen LogP contribution in [-0.2, 0) is 17.6 Å². The fraction of sp³-hybridized carbons (Fsp3) is 0.536. The van der Waals surface area contributed by atoms with Crippen LogP contribution >= 0.6 is 0 Å². The number of ether oxygens (including phenoxy) is 1. The number of aromatic nitrogens is 1. The summed E-state index contributed by atoms with van der Waals surface area (Å²) in [6, 6.07) is 5.20. The summed E-state index contributed by atoms with van der Waals surface area (Å²) in [6.45, 7) is 6.56. The first kappa shape index (κ1) is 23.6. The largest absolute Gasteiger partial charge is 0.497 e. The van der Waals surface area contributed by atoms with Gasteiger partial charge in [0, 0.05) is 30.3 Å². The number of rotatable bonds is 7. The molecular formula is C28H35N3O4. The van der Waals surface area contributed by atoms with Crippen LogP contribution in [0.25, 0.3) is 0 Å². The molecule has 7 nitrogen and oxygen atoms in total. The number of ketones is 1. The van der Waals surface area contributed by atoms with Gasteiger partial charge in [0.2, 0.25) is 5.91 Å². The normalized spacial score (nSPS) is 19.2. The molecule has 2 aliphatic carbocycles. The third kappa shape index (κ3) is 4.60. The maximum Gasteiger partial charge on any atom is 0.268 e. The number of H-pyrrole nitrogens is 1. The Morgan fingerprint density at radius 3 is 2.74 bits per heavy atom. The number of Topliss-reactive ketones (excluding diaryl/α,β-unsaturated/α-hetero) is 1. The second-order valence-electron chi connectivity index (χ2n) is 11.2. The molecule has 0 bridgehead atoms. The van der Waals surface area contributed by atoms with E-state index in [9.17, 15) is 14.4 Å². The van der Waals surface area contributed by atoms with Crippen LogP contribution in [0.2, 0.25) is 0 Å². The number of nitrogens with zero attached hydrogens (tertiary/aromatic N) is 1. The Morgan fingerprint density at radius 1 is 1.26 bits per heavy atom. The molecule has 2 amide bonds. The number of hydrogen-bond donors (Lipinski definition) is 2. The van der Waals surface area contributed by atoms with Crippen molar-refractivity contribution in [2.75, 3.05) is 18.6 Å². The number of anilines is 1. The van der Waals surface area contributed by atoms with Gasteiger partial charge in [0.1, 0.15) is 17.5 Å². The molecule has 2 heterocycles. The lowest BCUT2D eigenvalue weighted by Gasteiger charge is -2.28. The number of nitrogens with one attached hydrogen (secondary N) is 2. The third-order valence-corrected chi connectivity index (χ3v) is 7.75. The van der Waals surface area contributed by atoms with E-state index in [1.54, 1.807) is 12.0 Å². The first-order chi connectivity index (χ1) is 16.7. The van der Waals surface area contributed by atoms with Crippen LogP contribution in [0.1, 0.15) is 83.6 Å². The van der Waals surface area contributed by atoms with Gasteiger partial charge in [-0.3, -0.25) is 14.4 Å². The number of amides is 2. The van der Waals surface area contributed by atoms with Crippen molar-refractivity contribution in [1.29, 1.82) is 0 Å². The zero-order valence-electron chi connectivity index (χ0n) is 21.1. The SMILES string of the molecule is COc1ccc2c(c1)N(C(=O)C(CCC1CC1)NC(=O)c1[nH]c3c(c1C)C(=O)CC(C)(C)C3)CC2. The van der Waals surface area contributed by atoms with Crippen LogP contribution in [0.15, 0.2) is 18.2 Å². The standard InChI is InChI=1S/C28H35N3O4/c1-16-24-21(14-28(2,3)15-23(24)32)29-25(16)26(33)30-20(10-7-17-5-6-17)27(34)31-12-11-18-8-9-19(35-4)13-22(18)31/h8-9,13,17,20,29H,5-7,10-12,14-15H2,1-4H3,(H,30,33). The molecule has 1 aliphatic heterocycles. The summed E-state index contributed by atoms with van der Waals surface area (Å²) in [7, 11) is 1.62. The molecule has 1 aromatic carbocycles. The van der Waals surface area contributed by atoms with Gasteiger partial charge in [0.15, 0.2) is 5.78 Å². The first-order valence-electron chi connectivity index (χ1n) is 12.7. The van der Waals surface area contributed by atoms with Crippen molar-refractivity contribution in [2.45, 2.75) is 71.8 Å². The molecule has 7 heteroatoms. The highest BCUT2D eigenvalue weighted by molar-refractivity contribution is 6.06. The zero-order chi connectivity index (χ0) is 24.9. The van der Waals surface area contributed by atoms with Gasteiger partial charge in [-0.2, -0.15) is 0 Å². The van der Waals surface area contributed by atoms with Gasteiger partial charge in [-0.25, -0.2) is 0 Å². The molecule has 1 fully saturated rings. The molecule has 1 unspecified atom stereocenters. The van der Waals surface area contributed by atoms with Gasteiger partial charge < -0.3 is 19.9 Å². The number of aromatic amines is 1. The summed E-state index contributed by atoms with van der Waals surface area (Å²) in [6.07, 6.45) is 5.89. The minimum atomic E-state index is -0.618. The van der Waals surface area contributed by atoms with Gasteiger partial charge in [-0.15, -0.1) is 0 Å². The van der Waals surface area contributed by atoms with Gasteiger partial charge in [-0.05, 0) is 61.1 Å². The summed E-state index contributed by atoms with van der Waals surface area (Å²) in [5.74, 6) is 1.03. The summed E-state index contributed by atoms with van der Waals surface area (Å²) in [4.78, 5) is 45.0. The monoisotopic (exact) mass is 477 g/mol. The van der Waals surface area contributed by atoms with Crippen molar-refractivity contribution in [1.82, 2.24) is 10.3 Å². The van der Waals surface area contributed by atoms with Crippen molar-refractivity contribution < 1.29 is 19.1 Å². The maximum atomic E-state index is 13.7. The highest BCUT2D eigenvalue weighted by atomic mass is 16.5. The van der Waals surface area contributed by atoms with E-state index in [1.807, 2.05) is 25.1 Å². The molecule has 1 saturated carbocycles. The molecule has 35 heavy (non-hydrogen) atoms. The minimum absolute atomic E-state index is 0.0769. The summed E-state index contributed by atoms with van der Waals surface area (Å²) >= 11 is 0. The topological polar surface area (TPSA) is 91.5 Å². The highest BCUT2D eigenvalue weighted by Gasteiger charge is 2.37. The number of fused-ring (bicyclic) bond motifs is 2. The van der Waals surface area contributed by atoms with E-state index < -0.39 is 6.04 Å². The number of benzene rings is 1. The Labute approximate surface area is 206 Å².